The van der Waals surface area contributed by atoms with Gasteiger partial charge >= 0.3 is 0 Å². The second kappa shape index (κ2) is 6.46. The third-order valence-corrected chi connectivity index (χ3v) is 3.69. The third kappa shape index (κ3) is 3.44. The summed E-state index contributed by atoms with van der Waals surface area (Å²) >= 11 is 6.12. The van der Waals surface area contributed by atoms with Gasteiger partial charge in [-0.2, -0.15) is 0 Å². The molecule has 1 saturated carbocycles. The van der Waals surface area contributed by atoms with E-state index in [9.17, 15) is 9.90 Å². The highest BCUT2D eigenvalue weighted by Crippen LogP contribution is 2.35. The van der Waals surface area contributed by atoms with E-state index in [1.54, 1.807) is 18.2 Å². The van der Waals surface area contributed by atoms with Crippen LogP contribution in [0.2, 0.25) is 5.02 Å². The molecule has 1 aromatic carbocycles. The summed E-state index contributed by atoms with van der Waals surface area (Å²) in [4.78, 5) is 12.2. The molecule has 0 aliphatic heterocycles. The van der Waals surface area contributed by atoms with Gasteiger partial charge in [-0.05, 0) is 45.2 Å². The average molecular weight is 298 g/mol. The van der Waals surface area contributed by atoms with Gasteiger partial charge in [-0.15, -0.1) is 0 Å². The summed E-state index contributed by atoms with van der Waals surface area (Å²) in [6.07, 6.45) is 1.69. The molecule has 1 fully saturated rings. The SMILES string of the molecule is CC(C)Oc1c(Cl)cccc1NC(=O)C1CCCC1O. The number of para-hydroxylation sites is 1. The van der Waals surface area contributed by atoms with Crippen LogP contribution in [0, 0.1) is 5.92 Å². The summed E-state index contributed by atoms with van der Waals surface area (Å²) in [6, 6.07) is 5.23. The van der Waals surface area contributed by atoms with E-state index in [2.05, 4.69) is 5.32 Å². The van der Waals surface area contributed by atoms with Crippen molar-refractivity contribution in [2.24, 2.45) is 5.92 Å². The van der Waals surface area contributed by atoms with Crippen LogP contribution in [-0.4, -0.2) is 23.2 Å². The topological polar surface area (TPSA) is 58.6 Å². The molecule has 1 amide bonds. The van der Waals surface area contributed by atoms with Crippen molar-refractivity contribution in [2.45, 2.75) is 45.3 Å². The molecule has 0 spiro atoms. The highest BCUT2D eigenvalue weighted by Gasteiger charge is 2.31. The van der Waals surface area contributed by atoms with Gasteiger partial charge in [-0.25, -0.2) is 0 Å². The second-order valence-electron chi connectivity index (χ2n) is 5.38. The number of hydrogen-bond donors (Lipinski definition) is 2. The Morgan fingerprint density at radius 2 is 2.20 bits per heavy atom. The van der Waals surface area contributed by atoms with Gasteiger partial charge in [0.15, 0.2) is 5.75 Å². The summed E-state index contributed by atoms with van der Waals surface area (Å²) in [6.45, 7) is 3.80. The summed E-state index contributed by atoms with van der Waals surface area (Å²) in [7, 11) is 0. The first-order valence-corrected chi connectivity index (χ1v) is 7.31. The molecule has 4 nitrogen and oxygen atoms in total. The first-order chi connectivity index (χ1) is 9.49. The van der Waals surface area contributed by atoms with Crippen molar-refractivity contribution in [3.8, 4) is 5.75 Å². The van der Waals surface area contributed by atoms with E-state index in [0.717, 1.165) is 6.42 Å². The lowest BCUT2D eigenvalue weighted by Crippen LogP contribution is -2.29. The van der Waals surface area contributed by atoms with Crippen LogP contribution in [0.15, 0.2) is 18.2 Å². The molecule has 2 unspecified atom stereocenters. The monoisotopic (exact) mass is 297 g/mol. The maximum Gasteiger partial charge on any atom is 0.230 e. The van der Waals surface area contributed by atoms with Crippen molar-refractivity contribution < 1.29 is 14.6 Å². The molecule has 2 N–H and O–H groups in total. The van der Waals surface area contributed by atoms with Crippen molar-refractivity contribution in [1.82, 2.24) is 0 Å². The first kappa shape index (κ1) is 15.1. The minimum atomic E-state index is -0.552. The normalized spacial score (nSPS) is 22.1. The molecule has 2 atom stereocenters. The highest BCUT2D eigenvalue weighted by molar-refractivity contribution is 6.32. The van der Waals surface area contributed by atoms with Gasteiger partial charge in [0, 0.05) is 0 Å². The minimum absolute atomic E-state index is 0.0392. The van der Waals surface area contributed by atoms with Crippen molar-refractivity contribution >= 4 is 23.2 Å². The quantitative estimate of drug-likeness (QED) is 0.897. The number of nitrogens with one attached hydrogen (secondary N) is 1. The fourth-order valence-corrected chi connectivity index (χ4v) is 2.65. The lowest BCUT2D eigenvalue weighted by atomic mass is 10.1. The number of aliphatic hydroxyl groups excluding tert-OH is 1. The fraction of sp³-hybridized carbons (Fsp3) is 0.533. The predicted octanol–water partition coefficient (Wildman–Crippen LogP) is 3.23. The Morgan fingerprint density at radius 3 is 2.80 bits per heavy atom. The van der Waals surface area contributed by atoms with Crippen molar-refractivity contribution in [1.29, 1.82) is 0 Å². The molecule has 1 aliphatic carbocycles. The van der Waals surface area contributed by atoms with Crippen molar-refractivity contribution in [3.05, 3.63) is 23.2 Å². The fourth-order valence-electron chi connectivity index (χ4n) is 2.43. The van der Waals surface area contributed by atoms with Crippen molar-refractivity contribution in [3.63, 3.8) is 0 Å². The van der Waals surface area contributed by atoms with Gasteiger partial charge in [0.1, 0.15) is 0 Å². The average Bonchev–Trinajstić information content (AvgIpc) is 2.79. The predicted molar refractivity (Wildman–Crippen MR) is 79.2 cm³/mol. The molecule has 1 aromatic rings. The lowest BCUT2D eigenvalue weighted by Gasteiger charge is -2.19. The van der Waals surface area contributed by atoms with E-state index in [-0.39, 0.29) is 17.9 Å². The maximum absolute atomic E-state index is 12.2. The van der Waals surface area contributed by atoms with E-state index < -0.39 is 6.10 Å². The third-order valence-electron chi connectivity index (χ3n) is 3.39. The Balaban J connectivity index is 2.16. The molecule has 2 rings (SSSR count). The van der Waals surface area contributed by atoms with E-state index in [1.165, 1.54) is 0 Å². The van der Waals surface area contributed by atoms with Crippen LogP contribution in [-0.2, 0) is 4.79 Å². The molecule has 0 bridgehead atoms. The van der Waals surface area contributed by atoms with Crippen LogP contribution in [0.25, 0.3) is 0 Å². The van der Waals surface area contributed by atoms with E-state index >= 15 is 0 Å². The number of benzene rings is 1. The van der Waals surface area contributed by atoms with E-state index in [4.69, 9.17) is 16.3 Å². The van der Waals surface area contributed by atoms with Gasteiger partial charge in [-0.3, -0.25) is 4.79 Å². The number of hydrogen-bond acceptors (Lipinski definition) is 3. The lowest BCUT2D eigenvalue weighted by molar-refractivity contribution is -0.122. The standard InChI is InChI=1S/C15H20ClNO3/c1-9(2)20-14-11(16)6-4-7-12(14)17-15(19)10-5-3-8-13(10)18/h4,6-7,9-10,13,18H,3,5,8H2,1-2H3,(H,17,19). The Hall–Kier alpha value is -1.26. The molecule has 0 radical (unpaired) electrons. The van der Waals surface area contributed by atoms with E-state index in [0.29, 0.717) is 29.3 Å². The summed E-state index contributed by atoms with van der Waals surface area (Å²) in [5.41, 5.74) is 0.551. The largest absolute Gasteiger partial charge is 0.487 e. The Labute approximate surface area is 124 Å². The molecule has 1 aliphatic rings. The number of aliphatic hydroxyl groups is 1. The Bertz CT molecular complexity index is 490. The number of anilines is 1. The highest BCUT2D eigenvalue weighted by atomic mass is 35.5. The van der Waals surface area contributed by atoms with Gasteiger partial charge in [0.05, 0.1) is 28.8 Å². The zero-order valence-corrected chi connectivity index (χ0v) is 12.5. The maximum atomic E-state index is 12.2. The second-order valence-corrected chi connectivity index (χ2v) is 5.78. The summed E-state index contributed by atoms with van der Waals surface area (Å²) in [5, 5.41) is 13.1. The minimum Gasteiger partial charge on any atom is -0.487 e. The van der Waals surface area contributed by atoms with E-state index in [1.807, 2.05) is 13.8 Å². The zero-order valence-electron chi connectivity index (χ0n) is 11.7. The van der Waals surface area contributed by atoms with Crippen LogP contribution >= 0.6 is 11.6 Å². The van der Waals surface area contributed by atoms with Crippen LogP contribution in [0.1, 0.15) is 33.1 Å². The van der Waals surface area contributed by atoms with Gasteiger partial charge < -0.3 is 15.2 Å². The molecule has 110 valence electrons. The van der Waals surface area contributed by atoms with Crippen LogP contribution in [0.3, 0.4) is 0 Å². The number of halogens is 1. The van der Waals surface area contributed by atoms with Gasteiger partial charge in [0.2, 0.25) is 5.91 Å². The molecular weight excluding hydrogens is 278 g/mol. The number of ether oxygens (including phenoxy) is 1. The first-order valence-electron chi connectivity index (χ1n) is 6.93. The number of carbonyl (C=O) groups is 1. The summed E-state index contributed by atoms with van der Waals surface area (Å²) < 4.78 is 5.66. The Kier molecular flexibility index (Phi) is 4.89. The van der Waals surface area contributed by atoms with Crippen molar-refractivity contribution in [2.75, 3.05) is 5.32 Å². The van der Waals surface area contributed by atoms with Crippen LogP contribution < -0.4 is 10.1 Å². The van der Waals surface area contributed by atoms with Gasteiger partial charge in [0.25, 0.3) is 0 Å². The van der Waals surface area contributed by atoms with Crippen LogP contribution in [0.5, 0.6) is 5.75 Å². The molecule has 20 heavy (non-hydrogen) atoms. The molecule has 0 aromatic heterocycles. The molecule has 0 heterocycles. The molecule has 5 heteroatoms. The Morgan fingerprint density at radius 1 is 1.45 bits per heavy atom. The number of carbonyl (C=O) groups excluding carboxylic acids is 1. The summed E-state index contributed by atoms with van der Waals surface area (Å²) in [5.74, 6) is -0.0447. The van der Waals surface area contributed by atoms with Gasteiger partial charge in [-0.1, -0.05) is 17.7 Å². The smallest absolute Gasteiger partial charge is 0.230 e. The number of rotatable bonds is 4. The zero-order chi connectivity index (χ0) is 14.7. The molecular formula is C15H20ClNO3. The number of amides is 1. The van der Waals surface area contributed by atoms with Crippen LogP contribution in [0.4, 0.5) is 5.69 Å². The molecule has 0 saturated heterocycles.